The number of nitrogens with zero attached hydrogens (tertiary/aromatic N) is 3. The Kier molecular flexibility index (Phi) is 6.83. The maximum atomic E-state index is 12.4. The van der Waals surface area contributed by atoms with Crippen LogP contribution in [0.15, 0.2) is 5.10 Å². The van der Waals surface area contributed by atoms with Gasteiger partial charge in [0.1, 0.15) is 11.8 Å². The quantitative estimate of drug-likeness (QED) is 0.330. The fourth-order valence-corrected chi connectivity index (χ4v) is 2.45. The molecular formula is C14H23N5O4. The van der Waals surface area contributed by atoms with Crippen LogP contribution in [0.25, 0.3) is 0 Å². The summed E-state index contributed by atoms with van der Waals surface area (Å²) in [4.78, 5) is 50.1. The Morgan fingerprint density at radius 2 is 1.96 bits per heavy atom. The fraction of sp³-hybridized carbons (Fsp3) is 0.643. The normalized spacial score (nSPS) is 17.8. The van der Waals surface area contributed by atoms with E-state index in [4.69, 9.17) is 5.73 Å². The van der Waals surface area contributed by atoms with Crippen molar-refractivity contribution >= 4 is 30.3 Å². The smallest absolute Gasteiger partial charge is 0.324 e. The third-order valence-electron chi connectivity index (χ3n) is 3.59. The van der Waals surface area contributed by atoms with Crippen molar-refractivity contribution in [3.05, 3.63) is 0 Å². The molecule has 4 amide bonds. The molecule has 23 heavy (non-hydrogen) atoms. The van der Waals surface area contributed by atoms with E-state index in [1.807, 2.05) is 13.8 Å². The lowest BCUT2D eigenvalue weighted by molar-refractivity contribution is -0.130. The van der Waals surface area contributed by atoms with Crippen molar-refractivity contribution in [1.82, 2.24) is 15.2 Å². The number of hydrogen-bond donors (Lipinski definition) is 2. The third-order valence-corrected chi connectivity index (χ3v) is 3.59. The van der Waals surface area contributed by atoms with E-state index in [1.54, 1.807) is 0 Å². The molecule has 3 N–H and O–H groups in total. The summed E-state index contributed by atoms with van der Waals surface area (Å²) in [6.07, 6.45) is 0.0460. The van der Waals surface area contributed by atoms with Gasteiger partial charge in [-0.3, -0.25) is 19.3 Å². The number of hydrogen-bond acceptors (Lipinski definition) is 6. The minimum atomic E-state index is -0.631. The molecule has 0 aromatic heterocycles. The molecule has 9 heteroatoms. The predicted molar refractivity (Wildman–Crippen MR) is 83.4 cm³/mol. The molecule has 0 bridgehead atoms. The standard InChI is InChI=1S/C14H23N5O4/c1-9(2)12-13(22)19(7-5-11(21)17-16-3)14(23)18(12)6-4-10(20)8-15/h9,12H,3-8,15H2,1-2H3,(H,17,21). The first kappa shape index (κ1) is 18.8. The van der Waals surface area contributed by atoms with Crippen LogP contribution in [-0.2, 0) is 14.4 Å². The number of hydrazone groups is 1. The molecule has 1 heterocycles. The van der Waals surface area contributed by atoms with Gasteiger partial charge in [0.2, 0.25) is 5.91 Å². The second kappa shape index (κ2) is 8.37. The van der Waals surface area contributed by atoms with Crippen LogP contribution in [0.4, 0.5) is 4.79 Å². The van der Waals surface area contributed by atoms with Gasteiger partial charge in [0.15, 0.2) is 0 Å². The van der Waals surface area contributed by atoms with E-state index in [9.17, 15) is 19.2 Å². The van der Waals surface area contributed by atoms with E-state index in [0.29, 0.717) is 0 Å². The Balaban J connectivity index is 2.79. The lowest BCUT2D eigenvalue weighted by Crippen LogP contribution is -2.40. The van der Waals surface area contributed by atoms with E-state index in [2.05, 4.69) is 17.2 Å². The number of rotatable bonds is 9. The molecule has 0 saturated carbocycles. The molecule has 1 aliphatic heterocycles. The Hall–Kier alpha value is -2.29. The molecule has 0 radical (unpaired) electrons. The van der Waals surface area contributed by atoms with Crippen molar-refractivity contribution in [2.75, 3.05) is 19.6 Å². The largest absolute Gasteiger partial charge is 0.327 e. The van der Waals surface area contributed by atoms with Gasteiger partial charge in [0.05, 0.1) is 6.54 Å². The summed E-state index contributed by atoms with van der Waals surface area (Å²) in [5.41, 5.74) is 7.41. The van der Waals surface area contributed by atoms with Gasteiger partial charge in [-0.1, -0.05) is 13.8 Å². The van der Waals surface area contributed by atoms with Crippen LogP contribution in [0.1, 0.15) is 26.7 Å². The van der Waals surface area contributed by atoms with Gasteiger partial charge < -0.3 is 10.6 Å². The van der Waals surface area contributed by atoms with Crippen LogP contribution in [0.3, 0.4) is 0 Å². The van der Waals surface area contributed by atoms with Crippen LogP contribution in [0.5, 0.6) is 0 Å². The lowest BCUT2D eigenvalue weighted by atomic mass is 10.0. The molecule has 128 valence electrons. The molecule has 0 spiro atoms. The molecule has 9 nitrogen and oxygen atoms in total. The van der Waals surface area contributed by atoms with Gasteiger partial charge in [-0.25, -0.2) is 10.2 Å². The molecule has 1 rings (SSSR count). The van der Waals surface area contributed by atoms with Crippen molar-refractivity contribution in [2.24, 2.45) is 16.8 Å². The summed E-state index contributed by atoms with van der Waals surface area (Å²) < 4.78 is 0. The van der Waals surface area contributed by atoms with Gasteiger partial charge in [-0.2, -0.15) is 5.10 Å². The second-order valence-electron chi connectivity index (χ2n) is 5.59. The van der Waals surface area contributed by atoms with E-state index in [0.717, 1.165) is 4.90 Å². The first-order valence-corrected chi connectivity index (χ1v) is 7.41. The summed E-state index contributed by atoms with van der Waals surface area (Å²) in [6, 6.07) is -1.12. The number of nitrogens with two attached hydrogens (primary N) is 1. The zero-order chi connectivity index (χ0) is 17.6. The van der Waals surface area contributed by atoms with E-state index in [-0.39, 0.29) is 50.1 Å². The lowest BCUT2D eigenvalue weighted by Gasteiger charge is -2.24. The number of carbonyl (C=O) groups excluding carboxylic acids is 4. The van der Waals surface area contributed by atoms with E-state index >= 15 is 0 Å². The minimum Gasteiger partial charge on any atom is -0.324 e. The number of Topliss-reactive ketones (excluding diaryl/α,β-unsaturated/α-hetero) is 1. The third kappa shape index (κ3) is 4.59. The van der Waals surface area contributed by atoms with Gasteiger partial charge in [-0.15, -0.1) is 0 Å². The Morgan fingerprint density at radius 3 is 2.48 bits per heavy atom. The molecular weight excluding hydrogens is 302 g/mol. The summed E-state index contributed by atoms with van der Waals surface area (Å²) in [6.45, 7) is 6.78. The average molecular weight is 325 g/mol. The maximum Gasteiger partial charge on any atom is 0.327 e. The number of ketones is 1. The van der Waals surface area contributed by atoms with Gasteiger partial charge >= 0.3 is 6.03 Å². The Labute approximate surface area is 134 Å². The zero-order valence-electron chi connectivity index (χ0n) is 13.4. The molecule has 1 aliphatic rings. The van der Waals surface area contributed by atoms with Crippen molar-refractivity contribution in [2.45, 2.75) is 32.7 Å². The average Bonchev–Trinajstić information content (AvgIpc) is 2.73. The fourth-order valence-electron chi connectivity index (χ4n) is 2.45. The number of urea groups is 1. The summed E-state index contributed by atoms with van der Waals surface area (Å²) >= 11 is 0. The molecule has 1 unspecified atom stereocenters. The van der Waals surface area contributed by atoms with Crippen molar-refractivity contribution in [3.8, 4) is 0 Å². The minimum absolute atomic E-state index is 0.0381. The number of amides is 4. The monoisotopic (exact) mass is 325 g/mol. The van der Waals surface area contributed by atoms with Crippen LogP contribution in [0, 0.1) is 5.92 Å². The number of carbonyl (C=O) groups is 4. The predicted octanol–water partition coefficient (Wildman–Crippen LogP) is -0.685. The highest BCUT2D eigenvalue weighted by Gasteiger charge is 2.46. The van der Waals surface area contributed by atoms with Crippen molar-refractivity contribution in [1.29, 1.82) is 0 Å². The molecule has 1 fully saturated rings. The van der Waals surface area contributed by atoms with E-state index in [1.165, 1.54) is 4.90 Å². The van der Waals surface area contributed by atoms with Crippen molar-refractivity contribution < 1.29 is 19.2 Å². The Bertz CT molecular complexity index is 505. The molecule has 0 aliphatic carbocycles. The molecule has 1 atom stereocenters. The SMILES string of the molecule is C=NNC(=O)CCN1C(=O)C(C(C)C)N(CCC(=O)CN)C1=O. The van der Waals surface area contributed by atoms with Crippen LogP contribution >= 0.6 is 0 Å². The van der Waals surface area contributed by atoms with E-state index < -0.39 is 18.0 Å². The summed E-state index contributed by atoms with van der Waals surface area (Å²) in [5.74, 6) is -1.07. The van der Waals surface area contributed by atoms with Gasteiger partial charge in [0.25, 0.3) is 5.91 Å². The highest BCUT2D eigenvalue weighted by Crippen LogP contribution is 2.24. The van der Waals surface area contributed by atoms with Gasteiger partial charge in [-0.05, 0) is 5.92 Å². The first-order valence-electron chi connectivity index (χ1n) is 7.41. The summed E-state index contributed by atoms with van der Waals surface area (Å²) in [7, 11) is 0. The van der Waals surface area contributed by atoms with Crippen LogP contribution in [0.2, 0.25) is 0 Å². The highest BCUT2D eigenvalue weighted by molar-refractivity contribution is 6.04. The topological polar surface area (TPSA) is 125 Å². The molecule has 1 saturated heterocycles. The molecule has 0 aromatic rings. The van der Waals surface area contributed by atoms with Crippen LogP contribution < -0.4 is 11.2 Å². The number of nitrogens with one attached hydrogen (secondary N) is 1. The molecule has 0 aromatic carbocycles. The highest BCUT2D eigenvalue weighted by atomic mass is 16.2. The number of imide groups is 1. The second-order valence-corrected chi connectivity index (χ2v) is 5.59. The van der Waals surface area contributed by atoms with Crippen LogP contribution in [-0.4, -0.2) is 65.8 Å². The Morgan fingerprint density at radius 1 is 1.30 bits per heavy atom. The van der Waals surface area contributed by atoms with Crippen molar-refractivity contribution in [3.63, 3.8) is 0 Å². The van der Waals surface area contributed by atoms with Gasteiger partial charge in [0, 0.05) is 32.6 Å². The zero-order valence-corrected chi connectivity index (χ0v) is 13.4. The summed E-state index contributed by atoms with van der Waals surface area (Å²) in [5, 5.41) is 3.24. The maximum absolute atomic E-state index is 12.4. The first-order chi connectivity index (χ1) is 10.8.